The molecule has 1 aromatic carbocycles. The van der Waals surface area contributed by atoms with Gasteiger partial charge in [-0.2, -0.15) is 4.98 Å². The molecule has 21 heavy (non-hydrogen) atoms. The Labute approximate surface area is 125 Å². The van der Waals surface area contributed by atoms with E-state index in [1.54, 1.807) is 0 Å². The Balaban J connectivity index is 1.94. The van der Waals surface area contributed by atoms with Crippen LogP contribution >= 0.6 is 0 Å². The molecule has 0 radical (unpaired) electrons. The summed E-state index contributed by atoms with van der Waals surface area (Å²) in [6.45, 7) is 0.154. The number of hydrogen-bond acceptors (Lipinski definition) is 4. The molecular formula is C17H22N2O2. The molecule has 0 saturated heterocycles. The number of aryl methyl sites for hydroxylation is 1. The predicted octanol–water partition coefficient (Wildman–Crippen LogP) is 3.24. The third-order valence-electron chi connectivity index (χ3n) is 4.48. The van der Waals surface area contributed by atoms with Gasteiger partial charge in [0.15, 0.2) is 5.82 Å². The number of benzene rings is 1. The normalized spacial score (nSPS) is 17.8. The van der Waals surface area contributed by atoms with Gasteiger partial charge >= 0.3 is 0 Å². The van der Waals surface area contributed by atoms with E-state index < -0.39 is 0 Å². The Hall–Kier alpha value is -1.68. The quantitative estimate of drug-likeness (QED) is 0.916. The van der Waals surface area contributed by atoms with E-state index in [1.807, 2.05) is 6.07 Å². The van der Waals surface area contributed by atoms with Crippen molar-refractivity contribution in [2.24, 2.45) is 0 Å². The van der Waals surface area contributed by atoms with Gasteiger partial charge in [0.05, 0.1) is 5.41 Å². The maximum absolute atomic E-state index is 8.92. The molecule has 112 valence electrons. The molecular weight excluding hydrogens is 264 g/mol. The number of aliphatic hydroxyl groups excluding tert-OH is 1. The topological polar surface area (TPSA) is 59.2 Å². The fourth-order valence-electron chi connectivity index (χ4n) is 3.33. The number of nitrogens with zero attached hydrogens (tertiary/aromatic N) is 2. The van der Waals surface area contributed by atoms with Gasteiger partial charge in [0, 0.05) is 13.0 Å². The number of aromatic nitrogens is 2. The van der Waals surface area contributed by atoms with Crippen LogP contribution in [0.4, 0.5) is 0 Å². The van der Waals surface area contributed by atoms with Crippen molar-refractivity contribution in [3.05, 3.63) is 47.6 Å². The third kappa shape index (κ3) is 2.86. The minimum atomic E-state index is -0.0968. The van der Waals surface area contributed by atoms with Gasteiger partial charge < -0.3 is 9.63 Å². The van der Waals surface area contributed by atoms with E-state index in [4.69, 9.17) is 9.63 Å². The molecule has 0 atom stereocenters. The van der Waals surface area contributed by atoms with Crippen LogP contribution in [-0.4, -0.2) is 21.9 Å². The van der Waals surface area contributed by atoms with Crippen LogP contribution in [0.5, 0.6) is 0 Å². The van der Waals surface area contributed by atoms with Crippen LogP contribution in [0, 0.1) is 0 Å². The lowest BCUT2D eigenvalue weighted by molar-refractivity contribution is 0.276. The molecule has 0 unspecified atom stereocenters. The van der Waals surface area contributed by atoms with E-state index in [9.17, 15) is 0 Å². The van der Waals surface area contributed by atoms with E-state index in [1.165, 1.54) is 24.8 Å². The molecule has 1 aromatic heterocycles. The summed E-state index contributed by atoms with van der Waals surface area (Å²) in [6, 6.07) is 10.6. The van der Waals surface area contributed by atoms with Gasteiger partial charge in [-0.3, -0.25) is 0 Å². The molecule has 3 rings (SSSR count). The number of aliphatic hydroxyl groups is 1. The van der Waals surface area contributed by atoms with Crippen LogP contribution in [0.25, 0.3) is 0 Å². The molecule has 1 heterocycles. The lowest BCUT2D eigenvalue weighted by Gasteiger charge is -2.34. The van der Waals surface area contributed by atoms with Crippen molar-refractivity contribution in [3.8, 4) is 0 Å². The van der Waals surface area contributed by atoms with Gasteiger partial charge in [0.1, 0.15) is 0 Å². The standard InChI is InChI=1S/C17H22N2O2/c20-13-7-10-15-18-16(19-21-15)17(11-5-2-6-12-17)14-8-3-1-4-9-14/h1,3-4,8-9,20H,2,5-7,10-13H2. The van der Waals surface area contributed by atoms with Gasteiger partial charge in [0.25, 0.3) is 0 Å². The van der Waals surface area contributed by atoms with Gasteiger partial charge in [-0.05, 0) is 24.8 Å². The average molecular weight is 286 g/mol. The second-order valence-corrected chi connectivity index (χ2v) is 5.85. The molecule has 4 heteroatoms. The van der Waals surface area contributed by atoms with Crippen LogP contribution in [0.1, 0.15) is 55.8 Å². The summed E-state index contributed by atoms with van der Waals surface area (Å²) in [5, 5.41) is 13.2. The fourth-order valence-corrected chi connectivity index (χ4v) is 3.33. The lowest BCUT2D eigenvalue weighted by atomic mass is 9.69. The molecule has 1 fully saturated rings. The Bertz CT molecular complexity index is 559. The zero-order valence-corrected chi connectivity index (χ0v) is 12.3. The highest BCUT2D eigenvalue weighted by Gasteiger charge is 2.39. The van der Waals surface area contributed by atoms with E-state index >= 15 is 0 Å². The maximum Gasteiger partial charge on any atom is 0.226 e. The maximum atomic E-state index is 8.92. The molecule has 1 aliphatic rings. The highest BCUT2D eigenvalue weighted by Crippen LogP contribution is 2.43. The SMILES string of the molecule is OCCCc1nc(C2(c3ccccc3)CCCCC2)no1. The zero-order valence-electron chi connectivity index (χ0n) is 12.3. The highest BCUT2D eigenvalue weighted by atomic mass is 16.5. The molecule has 0 bridgehead atoms. The Morgan fingerprint density at radius 3 is 2.57 bits per heavy atom. The van der Waals surface area contributed by atoms with E-state index in [0.29, 0.717) is 18.7 Å². The van der Waals surface area contributed by atoms with Crippen LogP contribution in [0.3, 0.4) is 0 Å². The van der Waals surface area contributed by atoms with Crippen molar-refractivity contribution in [3.63, 3.8) is 0 Å². The smallest absolute Gasteiger partial charge is 0.226 e. The summed E-state index contributed by atoms with van der Waals surface area (Å²) in [6.07, 6.45) is 7.16. The second kappa shape index (κ2) is 6.39. The summed E-state index contributed by atoms with van der Waals surface area (Å²) < 4.78 is 5.39. The van der Waals surface area contributed by atoms with Crippen LogP contribution in [-0.2, 0) is 11.8 Å². The van der Waals surface area contributed by atoms with Crippen LogP contribution in [0.15, 0.2) is 34.9 Å². The average Bonchev–Trinajstić information content (AvgIpc) is 3.04. The lowest BCUT2D eigenvalue weighted by Crippen LogP contribution is -2.31. The van der Waals surface area contributed by atoms with Gasteiger partial charge in [-0.25, -0.2) is 0 Å². The van der Waals surface area contributed by atoms with E-state index in [0.717, 1.165) is 18.7 Å². The Morgan fingerprint density at radius 1 is 1.10 bits per heavy atom. The Morgan fingerprint density at radius 2 is 1.86 bits per heavy atom. The molecule has 4 nitrogen and oxygen atoms in total. The van der Waals surface area contributed by atoms with Crippen molar-refractivity contribution in [1.29, 1.82) is 0 Å². The van der Waals surface area contributed by atoms with Crippen molar-refractivity contribution in [1.82, 2.24) is 10.1 Å². The second-order valence-electron chi connectivity index (χ2n) is 5.85. The summed E-state index contributed by atoms with van der Waals surface area (Å²) >= 11 is 0. The fraction of sp³-hybridized carbons (Fsp3) is 0.529. The minimum absolute atomic E-state index is 0.0968. The van der Waals surface area contributed by atoms with Crippen LogP contribution in [0.2, 0.25) is 0 Å². The first-order chi connectivity index (χ1) is 10.3. The van der Waals surface area contributed by atoms with E-state index in [2.05, 4.69) is 34.4 Å². The van der Waals surface area contributed by atoms with Gasteiger partial charge in [-0.1, -0.05) is 54.8 Å². The van der Waals surface area contributed by atoms with Gasteiger partial charge in [-0.15, -0.1) is 0 Å². The number of rotatable bonds is 5. The molecule has 2 aromatic rings. The Kier molecular flexibility index (Phi) is 4.34. The third-order valence-corrected chi connectivity index (χ3v) is 4.48. The first kappa shape index (κ1) is 14.3. The summed E-state index contributed by atoms with van der Waals surface area (Å²) in [5.41, 5.74) is 1.19. The highest BCUT2D eigenvalue weighted by molar-refractivity contribution is 5.33. The molecule has 0 amide bonds. The molecule has 1 aliphatic carbocycles. The molecule has 0 aliphatic heterocycles. The van der Waals surface area contributed by atoms with Gasteiger partial charge in [0.2, 0.25) is 5.89 Å². The zero-order chi connectivity index (χ0) is 14.5. The first-order valence-corrected chi connectivity index (χ1v) is 7.85. The largest absolute Gasteiger partial charge is 0.396 e. The molecule has 0 spiro atoms. The van der Waals surface area contributed by atoms with Crippen molar-refractivity contribution in [2.45, 2.75) is 50.4 Å². The van der Waals surface area contributed by atoms with E-state index in [-0.39, 0.29) is 12.0 Å². The molecule has 1 N–H and O–H groups in total. The minimum Gasteiger partial charge on any atom is -0.396 e. The monoisotopic (exact) mass is 286 g/mol. The summed E-state index contributed by atoms with van der Waals surface area (Å²) in [4.78, 5) is 4.63. The summed E-state index contributed by atoms with van der Waals surface area (Å²) in [7, 11) is 0. The van der Waals surface area contributed by atoms with Crippen molar-refractivity contribution in [2.75, 3.05) is 6.61 Å². The predicted molar refractivity (Wildman–Crippen MR) is 80.0 cm³/mol. The van der Waals surface area contributed by atoms with Crippen molar-refractivity contribution >= 4 is 0 Å². The molecule has 1 saturated carbocycles. The summed E-state index contributed by atoms with van der Waals surface area (Å²) in [5.74, 6) is 1.46. The number of hydrogen-bond donors (Lipinski definition) is 1. The van der Waals surface area contributed by atoms with Crippen LogP contribution < -0.4 is 0 Å². The van der Waals surface area contributed by atoms with Crippen molar-refractivity contribution < 1.29 is 9.63 Å². The first-order valence-electron chi connectivity index (χ1n) is 7.85.